The van der Waals surface area contributed by atoms with Gasteiger partial charge in [0.25, 0.3) is 5.91 Å². The minimum atomic E-state index is -0.555. The lowest BCUT2D eigenvalue weighted by Gasteiger charge is -1.96. The molecule has 0 saturated heterocycles. The second kappa shape index (κ2) is 2.78. The van der Waals surface area contributed by atoms with Crippen LogP contribution in [0.4, 0.5) is 0 Å². The molecule has 0 aliphatic rings. The van der Waals surface area contributed by atoms with Crippen LogP contribution in [0.3, 0.4) is 0 Å². The Labute approximate surface area is 73.6 Å². The van der Waals surface area contributed by atoms with Gasteiger partial charge in [-0.25, -0.2) is 15.0 Å². The Balaban J connectivity index is 2.69. The van der Waals surface area contributed by atoms with E-state index in [9.17, 15) is 4.79 Å². The highest BCUT2D eigenvalue weighted by Gasteiger charge is 2.03. The number of primary amides is 1. The van der Waals surface area contributed by atoms with Crippen molar-refractivity contribution in [3.63, 3.8) is 0 Å². The molecule has 64 valence electrons. The molecule has 1 amide bonds. The summed E-state index contributed by atoms with van der Waals surface area (Å²) in [6.45, 7) is 0. The fraction of sp³-hybridized carbons (Fsp3) is 0. The predicted molar refractivity (Wildman–Crippen MR) is 45.9 cm³/mol. The molecule has 0 saturated carbocycles. The molecule has 0 spiro atoms. The number of nitrogens with two attached hydrogens (primary N) is 1. The molecule has 0 bridgehead atoms. The Morgan fingerprint density at radius 1 is 1.38 bits per heavy atom. The van der Waals surface area contributed by atoms with Gasteiger partial charge in [-0.2, -0.15) is 0 Å². The number of amides is 1. The van der Waals surface area contributed by atoms with Crippen molar-refractivity contribution in [2.75, 3.05) is 0 Å². The number of hydrogen-bond acceptors (Lipinski definition) is 4. The van der Waals surface area contributed by atoms with Crippen LogP contribution in [-0.4, -0.2) is 20.9 Å². The van der Waals surface area contributed by atoms with Crippen molar-refractivity contribution >= 4 is 16.9 Å². The third kappa shape index (κ3) is 1.31. The van der Waals surface area contributed by atoms with E-state index in [1.54, 1.807) is 18.3 Å². The van der Waals surface area contributed by atoms with Gasteiger partial charge in [-0.3, -0.25) is 4.79 Å². The zero-order valence-electron chi connectivity index (χ0n) is 6.64. The van der Waals surface area contributed by atoms with Gasteiger partial charge in [0.15, 0.2) is 5.65 Å². The van der Waals surface area contributed by atoms with E-state index < -0.39 is 5.91 Å². The van der Waals surface area contributed by atoms with Gasteiger partial charge in [-0.15, -0.1) is 0 Å². The first-order valence-electron chi connectivity index (χ1n) is 3.64. The average Bonchev–Trinajstić information content (AvgIpc) is 2.17. The molecule has 0 aliphatic carbocycles. The first-order valence-corrected chi connectivity index (χ1v) is 3.64. The minimum Gasteiger partial charge on any atom is -0.364 e. The molecule has 0 fully saturated rings. The summed E-state index contributed by atoms with van der Waals surface area (Å²) in [5.41, 5.74) is 5.75. The van der Waals surface area contributed by atoms with Crippen molar-refractivity contribution in [2.24, 2.45) is 5.73 Å². The van der Waals surface area contributed by atoms with Gasteiger partial charge < -0.3 is 5.73 Å². The van der Waals surface area contributed by atoms with Gasteiger partial charge >= 0.3 is 0 Å². The van der Waals surface area contributed by atoms with E-state index in [2.05, 4.69) is 15.0 Å². The van der Waals surface area contributed by atoms with E-state index in [0.717, 1.165) is 5.39 Å². The van der Waals surface area contributed by atoms with E-state index in [4.69, 9.17) is 5.73 Å². The Morgan fingerprint density at radius 3 is 3.00 bits per heavy atom. The molecular weight excluding hydrogens is 168 g/mol. The molecule has 0 aromatic carbocycles. The second-order valence-corrected chi connectivity index (χ2v) is 2.50. The van der Waals surface area contributed by atoms with Crippen LogP contribution < -0.4 is 5.73 Å². The summed E-state index contributed by atoms with van der Waals surface area (Å²) in [6, 6.07) is 3.26. The number of aromatic nitrogens is 3. The monoisotopic (exact) mass is 174 g/mol. The van der Waals surface area contributed by atoms with Gasteiger partial charge in [0.2, 0.25) is 0 Å². The van der Waals surface area contributed by atoms with Crippen LogP contribution in [0.2, 0.25) is 0 Å². The van der Waals surface area contributed by atoms with Gasteiger partial charge in [0, 0.05) is 11.6 Å². The Hall–Kier alpha value is -2.04. The maximum Gasteiger partial charge on any atom is 0.267 e. The molecule has 2 rings (SSSR count). The summed E-state index contributed by atoms with van der Waals surface area (Å²) < 4.78 is 0. The lowest BCUT2D eigenvalue weighted by atomic mass is 10.3. The number of hydrogen-bond donors (Lipinski definition) is 1. The molecule has 0 radical (unpaired) electrons. The highest BCUT2D eigenvalue weighted by molar-refractivity contribution is 5.92. The fourth-order valence-corrected chi connectivity index (χ4v) is 1.00. The normalized spacial score (nSPS) is 10.2. The summed E-state index contributed by atoms with van der Waals surface area (Å²) in [7, 11) is 0. The van der Waals surface area contributed by atoms with Gasteiger partial charge in [0.1, 0.15) is 12.0 Å². The lowest BCUT2D eigenvalue weighted by molar-refractivity contribution is 0.0996. The van der Waals surface area contributed by atoms with E-state index in [-0.39, 0.29) is 5.69 Å². The first kappa shape index (κ1) is 7.60. The molecule has 0 aliphatic heterocycles. The number of rotatable bonds is 1. The van der Waals surface area contributed by atoms with Crippen LogP contribution in [0.5, 0.6) is 0 Å². The SMILES string of the molecule is NC(=O)c1ccc2cncnc2n1. The summed E-state index contributed by atoms with van der Waals surface area (Å²) in [4.78, 5) is 22.4. The van der Waals surface area contributed by atoms with Gasteiger partial charge in [-0.05, 0) is 12.1 Å². The van der Waals surface area contributed by atoms with E-state index in [0.29, 0.717) is 5.65 Å². The van der Waals surface area contributed by atoms with Crippen molar-refractivity contribution in [3.05, 3.63) is 30.4 Å². The number of carbonyl (C=O) groups is 1. The third-order valence-electron chi connectivity index (χ3n) is 1.62. The third-order valence-corrected chi connectivity index (χ3v) is 1.62. The smallest absolute Gasteiger partial charge is 0.267 e. The Morgan fingerprint density at radius 2 is 2.23 bits per heavy atom. The van der Waals surface area contributed by atoms with Crippen LogP contribution in [0, 0.1) is 0 Å². The van der Waals surface area contributed by atoms with E-state index >= 15 is 0 Å². The quantitative estimate of drug-likeness (QED) is 0.665. The maximum absolute atomic E-state index is 10.8. The highest BCUT2D eigenvalue weighted by Crippen LogP contribution is 2.06. The highest BCUT2D eigenvalue weighted by atomic mass is 16.1. The molecule has 2 aromatic rings. The van der Waals surface area contributed by atoms with Crippen molar-refractivity contribution < 1.29 is 4.79 Å². The minimum absolute atomic E-state index is 0.214. The second-order valence-electron chi connectivity index (χ2n) is 2.50. The summed E-state index contributed by atoms with van der Waals surface area (Å²) in [6.07, 6.45) is 3.00. The zero-order chi connectivity index (χ0) is 9.26. The van der Waals surface area contributed by atoms with Crippen LogP contribution in [-0.2, 0) is 0 Å². The van der Waals surface area contributed by atoms with Crippen LogP contribution in [0.15, 0.2) is 24.7 Å². The standard InChI is InChI=1S/C8H6N4O/c9-7(13)6-2-1-5-3-10-4-11-8(5)12-6/h1-4H,(H2,9,13). The molecule has 2 aromatic heterocycles. The summed E-state index contributed by atoms with van der Waals surface area (Å²) in [5.74, 6) is -0.555. The largest absolute Gasteiger partial charge is 0.364 e. The van der Waals surface area contributed by atoms with Crippen molar-refractivity contribution in [2.45, 2.75) is 0 Å². The fourth-order valence-electron chi connectivity index (χ4n) is 1.00. The van der Waals surface area contributed by atoms with Crippen LogP contribution in [0.25, 0.3) is 11.0 Å². The number of fused-ring (bicyclic) bond motifs is 1. The van der Waals surface area contributed by atoms with Crippen molar-refractivity contribution in [3.8, 4) is 0 Å². The first-order chi connectivity index (χ1) is 6.27. The summed E-state index contributed by atoms with van der Waals surface area (Å²) in [5, 5.41) is 0.785. The summed E-state index contributed by atoms with van der Waals surface area (Å²) >= 11 is 0. The molecule has 5 nitrogen and oxygen atoms in total. The molecule has 2 heterocycles. The molecule has 0 unspecified atom stereocenters. The molecule has 13 heavy (non-hydrogen) atoms. The molecule has 0 atom stereocenters. The topological polar surface area (TPSA) is 81.8 Å². The number of nitrogens with zero attached hydrogens (tertiary/aromatic N) is 3. The van der Waals surface area contributed by atoms with Crippen molar-refractivity contribution in [1.29, 1.82) is 0 Å². The molecular formula is C8H6N4O. The Bertz CT molecular complexity index is 468. The number of carbonyl (C=O) groups excluding carboxylic acids is 1. The number of pyridine rings is 1. The van der Waals surface area contributed by atoms with Crippen molar-refractivity contribution in [1.82, 2.24) is 15.0 Å². The maximum atomic E-state index is 10.8. The van der Waals surface area contributed by atoms with Gasteiger partial charge in [0.05, 0.1) is 0 Å². The molecule has 2 N–H and O–H groups in total. The van der Waals surface area contributed by atoms with Crippen LogP contribution >= 0.6 is 0 Å². The predicted octanol–water partition coefficient (Wildman–Crippen LogP) is 0.124. The average molecular weight is 174 g/mol. The van der Waals surface area contributed by atoms with Gasteiger partial charge in [-0.1, -0.05) is 0 Å². The lowest BCUT2D eigenvalue weighted by Crippen LogP contribution is -2.12. The van der Waals surface area contributed by atoms with E-state index in [1.165, 1.54) is 6.33 Å². The van der Waals surface area contributed by atoms with Crippen LogP contribution in [0.1, 0.15) is 10.5 Å². The zero-order valence-corrected chi connectivity index (χ0v) is 6.64. The van der Waals surface area contributed by atoms with E-state index in [1.807, 2.05) is 0 Å². The molecule has 5 heteroatoms. The Kier molecular flexibility index (Phi) is 1.63.